The molecule has 0 aliphatic rings. The highest BCUT2D eigenvalue weighted by Crippen LogP contribution is 2.25. The van der Waals surface area contributed by atoms with E-state index in [2.05, 4.69) is 4.98 Å². The number of anilines is 1. The monoisotopic (exact) mass is 376 g/mol. The second-order valence-corrected chi connectivity index (χ2v) is 6.87. The molecular weight excluding hydrogens is 352 g/mol. The van der Waals surface area contributed by atoms with E-state index in [1.165, 1.54) is 0 Å². The largest absolute Gasteiger partial charge is 0.472 e. The number of H-pyrrole nitrogens is 1. The van der Waals surface area contributed by atoms with Crippen molar-refractivity contribution in [2.24, 2.45) is 0 Å². The first-order valence-corrected chi connectivity index (χ1v) is 9.20. The number of aryl methyl sites for hydroxylation is 1. The summed E-state index contributed by atoms with van der Waals surface area (Å²) in [7, 11) is 3.56. The molecule has 5 nitrogen and oxygen atoms in total. The molecule has 1 aromatic carbocycles. The van der Waals surface area contributed by atoms with Gasteiger partial charge in [-0.2, -0.15) is 0 Å². The average Bonchev–Trinajstić information content (AvgIpc) is 3.18. The zero-order chi connectivity index (χ0) is 20.3. The smallest absolute Gasteiger partial charge is 0.272 e. The summed E-state index contributed by atoms with van der Waals surface area (Å²) in [5.74, 6) is -0.145. The molecular formula is C23H24N2O3. The SMILES string of the molecule is CCc1c(C)[nH]c(=O)c(N(C)C)c1C(=O)c1cccc(/C=C/c2ccoc2)c1. The van der Waals surface area contributed by atoms with Crippen LogP contribution in [-0.4, -0.2) is 24.9 Å². The Balaban J connectivity index is 2.08. The molecule has 0 fully saturated rings. The van der Waals surface area contributed by atoms with Crippen LogP contribution < -0.4 is 10.5 Å². The van der Waals surface area contributed by atoms with Crippen LogP contribution in [0.4, 0.5) is 5.69 Å². The molecule has 5 heteroatoms. The lowest BCUT2D eigenvalue weighted by molar-refractivity contribution is 0.103. The van der Waals surface area contributed by atoms with Gasteiger partial charge in [0, 0.05) is 30.9 Å². The van der Waals surface area contributed by atoms with Crippen LogP contribution in [-0.2, 0) is 6.42 Å². The number of furan rings is 1. The molecule has 3 rings (SSSR count). The maximum Gasteiger partial charge on any atom is 0.272 e. The average molecular weight is 376 g/mol. The molecule has 2 heterocycles. The highest BCUT2D eigenvalue weighted by atomic mass is 16.3. The van der Waals surface area contributed by atoms with Gasteiger partial charge in [0.1, 0.15) is 5.69 Å². The quantitative estimate of drug-likeness (QED) is 0.651. The molecule has 0 saturated heterocycles. The molecule has 0 bridgehead atoms. The summed E-state index contributed by atoms with van der Waals surface area (Å²) >= 11 is 0. The number of nitrogens with one attached hydrogen (secondary N) is 1. The lowest BCUT2D eigenvalue weighted by Gasteiger charge is -2.20. The zero-order valence-electron chi connectivity index (χ0n) is 16.6. The molecule has 144 valence electrons. The Morgan fingerprint density at radius 2 is 1.93 bits per heavy atom. The van der Waals surface area contributed by atoms with E-state index in [1.54, 1.807) is 37.6 Å². The Hall–Kier alpha value is -3.34. The van der Waals surface area contributed by atoms with Gasteiger partial charge in [0.2, 0.25) is 0 Å². The molecule has 2 aromatic heterocycles. The van der Waals surface area contributed by atoms with Crippen molar-refractivity contribution < 1.29 is 9.21 Å². The molecule has 0 spiro atoms. The molecule has 0 aliphatic carbocycles. The topological polar surface area (TPSA) is 66.3 Å². The van der Waals surface area contributed by atoms with Crippen LogP contribution in [0.2, 0.25) is 0 Å². The molecule has 0 amide bonds. The van der Waals surface area contributed by atoms with Crippen molar-refractivity contribution >= 4 is 23.6 Å². The minimum absolute atomic E-state index is 0.145. The van der Waals surface area contributed by atoms with Gasteiger partial charge in [0.15, 0.2) is 5.78 Å². The van der Waals surface area contributed by atoms with Gasteiger partial charge >= 0.3 is 0 Å². The van der Waals surface area contributed by atoms with Crippen LogP contribution in [0.5, 0.6) is 0 Å². The first kappa shape index (κ1) is 19.4. The van der Waals surface area contributed by atoms with Gasteiger partial charge in [-0.3, -0.25) is 9.59 Å². The molecule has 0 atom stereocenters. The van der Waals surface area contributed by atoms with Crippen LogP contribution in [0.15, 0.2) is 52.1 Å². The van der Waals surface area contributed by atoms with E-state index >= 15 is 0 Å². The van der Waals surface area contributed by atoms with Crippen LogP contribution in [0.25, 0.3) is 12.2 Å². The summed E-state index contributed by atoms with van der Waals surface area (Å²) in [4.78, 5) is 30.5. The van der Waals surface area contributed by atoms with Crippen LogP contribution in [0.3, 0.4) is 0 Å². The number of aromatic amines is 1. The Morgan fingerprint density at radius 3 is 2.57 bits per heavy atom. The summed E-state index contributed by atoms with van der Waals surface area (Å²) in [6.45, 7) is 3.82. The van der Waals surface area contributed by atoms with Crippen LogP contribution >= 0.6 is 0 Å². The molecule has 3 aromatic rings. The Labute approximate surface area is 164 Å². The second-order valence-electron chi connectivity index (χ2n) is 6.87. The van der Waals surface area contributed by atoms with E-state index in [-0.39, 0.29) is 11.3 Å². The zero-order valence-corrected chi connectivity index (χ0v) is 16.6. The number of hydrogen-bond donors (Lipinski definition) is 1. The number of carbonyl (C=O) groups excluding carboxylic acids is 1. The molecule has 0 saturated carbocycles. The number of rotatable bonds is 6. The molecule has 28 heavy (non-hydrogen) atoms. The number of hydrogen-bond acceptors (Lipinski definition) is 4. The predicted octanol–water partition coefficient (Wildman–Crippen LogP) is 4.31. The van der Waals surface area contributed by atoms with E-state index in [0.29, 0.717) is 23.2 Å². The summed E-state index contributed by atoms with van der Waals surface area (Å²) in [6.07, 6.45) is 7.78. The summed E-state index contributed by atoms with van der Waals surface area (Å²) in [5, 5.41) is 0. The second kappa shape index (κ2) is 8.13. The first-order chi connectivity index (χ1) is 13.4. The maximum absolute atomic E-state index is 13.4. The van der Waals surface area contributed by atoms with E-state index in [9.17, 15) is 9.59 Å². The van der Waals surface area contributed by atoms with Crippen molar-refractivity contribution in [1.29, 1.82) is 0 Å². The number of ketones is 1. The summed E-state index contributed by atoms with van der Waals surface area (Å²) < 4.78 is 5.06. The van der Waals surface area contributed by atoms with E-state index < -0.39 is 0 Å². The Morgan fingerprint density at radius 1 is 1.18 bits per heavy atom. The molecule has 0 unspecified atom stereocenters. The van der Waals surface area contributed by atoms with Crippen molar-refractivity contribution in [1.82, 2.24) is 4.98 Å². The minimum Gasteiger partial charge on any atom is -0.472 e. The third kappa shape index (κ3) is 3.83. The van der Waals surface area contributed by atoms with Gasteiger partial charge in [-0.15, -0.1) is 0 Å². The van der Waals surface area contributed by atoms with Gasteiger partial charge < -0.3 is 14.3 Å². The normalized spacial score (nSPS) is 11.1. The van der Waals surface area contributed by atoms with Gasteiger partial charge in [0.05, 0.1) is 18.1 Å². The number of benzene rings is 1. The molecule has 0 aliphatic heterocycles. The van der Waals surface area contributed by atoms with Crippen molar-refractivity contribution in [2.75, 3.05) is 19.0 Å². The van der Waals surface area contributed by atoms with Crippen molar-refractivity contribution in [3.8, 4) is 0 Å². The highest BCUT2D eigenvalue weighted by molar-refractivity contribution is 6.13. The fourth-order valence-electron chi connectivity index (χ4n) is 3.35. The number of pyridine rings is 1. The van der Waals surface area contributed by atoms with Crippen LogP contribution in [0.1, 0.15) is 45.2 Å². The number of nitrogens with zero attached hydrogens (tertiary/aromatic N) is 1. The molecule has 0 radical (unpaired) electrons. The highest BCUT2D eigenvalue weighted by Gasteiger charge is 2.23. The Kier molecular flexibility index (Phi) is 5.64. The number of carbonyl (C=O) groups is 1. The van der Waals surface area contributed by atoms with Gasteiger partial charge in [0.25, 0.3) is 5.56 Å². The fraction of sp³-hybridized carbons (Fsp3) is 0.217. The van der Waals surface area contributed by atoms with E-state index in [4.69, 9.17) is 4.42 Å². The third-order valence-electron chi connectivity index (χ3n) is 4.70. The standard InChI is InChI=1S/C23H24N2O3/c1-5-19-15(2)24-23(27)21(25(3)4)20(19)22(26)18-8-6-7-16(13-18)9-10-17-11-12-28-14-17/h6-14H,5H2,1-4H3,(H,24,27)/b10-9+. The lowest BCUT2D eigenvalue weighted by atomic mass is 9.93. The summed E-state index contributed by atoms with van der Waals surface area (Å²) in [5.41, 5.74) is 4.63. The fourth-order valence-corrected chi connectivity index (χ4v) is 3.35. The van der Waals surface area contributed by atoms with Gasteiger partial charge in [-0.1, -0.05) is 37.3 Å². The third-order valence-corrected chi connectivity index (χ3v) is 4.70. The van der Waals surface area contributed by atoms with E-state index in [1.807, 2.05) is 50.3 Å². The van der Waals surface area contributed by atoms with Gasteiger partial charge in [-0.05, 0) is 36.6 Å². The summed E-state index contributed by atoms with van der Waals surface area (Å²) in [6, 6.07) is 9.27. The predicted molar refractivity (Wildman–Crippen MR) is 113 cm³/mol. The Bertz CT molecular complexity index is 1070. The van der Waals surface area contributed by atoms with Crippen molar-refractivity contribution in [3.63, 3.8) is 0 Å². The lowest BCUT2D eigenvalue weighted by Crippen LogP contribution is -2.27. The number of aromatic nitrogens is 1. The minimum atomic E-state index is -0.251. The first-order valence-electron chi connectivity index (χ1n) is 9.20. The van der Waals surface area contributed by atoms with Crippen molar-refractivity contribution in [2.45, 2.75) is 20.3 Å². The van der Waals surface area contributed by atoms with Crippen molar-refractivity contribution in [3.05, 3.63) is 86.7 Å². The van der Waals surface area contributed by atoms with E-state index in [0.717, 1.165) is 22.4 Å². The van der Waals surface area contributed by atoms with Gasteiger partial charge in [-0.25, -0.2) is 0 Å². The molecule has 1 N–H and O–H groups in total. The van der Waals surface area contributed by atoms with Crippen LogP contribution in [0, 0.1) is 6.92 Å². The maximum atomic E-state index is 13.4.